The third kappa shape index (κ3) is 6.68. The first kappa shape index (κ1) is 19.7. The van der Waals surface area contributed by atoms with Crippen molar-refractivity contribution in [2.75, 3.05) is 13.2 Å². The number of hydrogen-bond acceptors (Lipinski definition) is 5. The van der Waals surface area contributed by atoms with Gasteiger partial charge in [-0.05, 0) is 42.8 Å². The van der Waals surface area contributed by atoms with Gasteiger partial charge in [0.2, 0.25) is 0 Å². The number of nitro groups is 1. The van der Waals surface area contributed by atoms with E-state index in [4.69, 9.17) is 21.7 Å². The van der Waals surface area contributed by atoms with Crippen molar-refractivity contribution in [1.82, 2.24) is 5.32 Å². The van der Waals surface area contributed by atoms with Gasteiger partial charge in [-0.3, -0.25) is 10.1 Å². The molecule has 1 N–H and O–H groups in total. The molecule has 0 fully saturated rings. The summed E-state index contributed by atoms with van der Waals surface area (Å²) in [5.74, 6) is 0.556. The largest absolute Gasteiger partial charge is 0.490 e. The quantitative estimate of drug-likeness (QED) is 0.408. The summed E-state index contributed by atoms with van der Waals surface area (Å²) in [5, 5.41) is 14.1. The first-order valence-corrected chi connectivity index (χ1v) is 8.85. The minimum absolute atomic E-state index is 0.0319. The maximum Gasteiger partial charge on any atom is 0.269 e. The predicted octanol–water partition coefficient (Wildman–Crippen LogP) is 3.89. The normalized spacial score (nSPS) is 11.4. The van der Waals surface area contributed by atoms with Crippen molar-refractivity contribution in [3.8, 4) is 5.75 Å². The number of nitro benzene ring substituents is 1. The van der Waals surface area contributed by atoms with Gasteiger partial charge in [0, 0.05) is 18.7 Å². The van der Waals surface area contributed by atoms with Crippen molar-refractivity contribution in [3.63, 3.8) is 0 Å². The summed E-state index contributed by atoms with van der Waals surface area (Å²) in [6, 6.07) is 16.1. The maximum atomic E-state index is 10.6. The van der Waals surface area contributed by atoms with Gasteiger partial charge in [-0.1, -0.05) is 37.3 Å². The number of ether oxygens (including phenoxy) is 2. The molecule has 26 heavy (non-hydrogen) atoms. The van der Waals surface area contributed by atoms with Crippen LogP contribution in [0.3, 0.4) is 0 Å². The van der Waals surface area contributed by atoms with Crippen LogP contribution in [0.4, 0.5) is 5.69 Å². The third-order valence-electron chi connectivity index (χ3n) is 3.74. The molecular formula is C19H22N2O4S. The summed E-state index contributed by atoms with van der Waals surface area (Å²) >= 11 is 5.22. The SMILES string of the molecule is CCC(COc1ccc([N+](=O)[O-])cc1)OC(=S)NCCc1ccccc1. The number of benzene rings is 2. The molecule has 2 aromatic rings. The Bertz CT molecular complexity index is 707. The summed E-state index contributed by atoms with van der Waals surface area (Å²) in [6.45, 7) is 2.99. The molecule has 0 aliphatic heterocycles. The molecule has 0 aliphatic carbocycles. The second-order valence-corrected chi connectivity index (χ2v) is 6.03. The van der Waals surface area contributed by atoms with Crippen molar-refractivity contribution in [2.24, 2.45) is 0 Å². The Labute approximate surface area is 158 Å². The Morgan fingerprint density at radius 2 is 1.88 bits per heavy atom. The van der Waals surface area contributed by atoms with Crippen LogP contribution in [0.2, 0.25) is 0 Å². The van der Waals surface area contributed by atoms with E-state index in [1.807, 2.05) is 25.1 Å². The van der Waals surface area contributed by atoms with Crippen molar-refractivity contribution < 1.29 is 14.4 Å². The second-order valence-electron chi connectivity index (χ2n) is 5.66. The summed E-state index contributed by atoms with van der Waals surface area (Å²) in [7, 11) is 0. The molecule has 138 valence electrons. The average molecular weight is 374 g/mol. The number of nitrogens with zero attached hydrogens (tertiary/aromatic N) is 1. The van der Waals surface area contributed by atoms with Crippen LogP contribution in [-0.4, -0.2) is 29.4 Å². The van der Waals surface area contributed by atoms with Crippen molar-refractivity contribution in [2.45, 2.75) is 25.9 Å². The number of non-ortho nitro benzene ring substituents is 1. The monoisotopic (exact) mass is 374 g/mol. The van der Waals surface area contributed by atoms with E-state index in [0.29, 0.717) is 24.1 Å². The van der Waals surface area contributed by atoms with E-state index in [1.54, 1.807) is 12.1 Å². The van der Waals surface area contributed by atoms with E-state index in [2.05, 4.69) is 17.4 Å². The summed E-state index contributed by atoms with van der Waals surface area (Å²) in [4.78, 5) is 10.2. The molecule has 0 spiro atoms. The second kappa shape index (κ2) is 10.4. The van der Waals surface area contributed by atoms with Crippen LogP contribution in [0.25, 0.3) is 0 Å². The lowest BCUT2D eigenvalue weighted by Gasteiger charge is -2.19. The molecule has 1 unspecified atom stereocenters. The topological polar surface area (TPSA) is 73.6 Å². The minimum atomic E-state index is -0.443. The molecule has 0 saturated heterocycles. The van der Waals surface area contributed by atoms with Crippen LogP contribution < -0.4 is 10.1 Å². The molecule has 2 aromatic carbocycles. The van der Waals surface area contributed by atoms with Crippen molar-refractivity contribution >= 4 is 23.1 Å². The fourth-order valence-electron chi connectivity index (χ4n) is 2.24. The van der Waals surface area contributed by atoms with Gasteiger partial charge in [0.1, 0.15) is 18.5 Å². The van der Waals surface area contributed by atoms with Crippen LogP contribution >= 0.6 is 12.2 Å². The Balaban J connectivity index is 1.72. The zero-order valence-electron chi connectivity index (χ0n) is 14.6. The van der Waals surface area contributed by atoms with Crippen LogP contribution in [0.15, 0.2) is 54.6 Å². The molecule has 7 heteroatoms. The predicted molar refractivity (Wildman–Crippen MR) is 105 cm³/mol. The first-order chi connectivity index (χ1) is 12.6. The number of thiocarbonyl (C=S) groups is 1. The van der Waals surface area contributed by atoms with Gasteiger partial charge in [0.25, 0.3) is 10.9 Å². The fourth-order valence-corrected chi connectivity index (χ4v) is 2.47. The molecule has 0 aliphatic rings. The Hall–Kier alpha value is -2.67. The summed E-state index contributed by atoms with van der Waals surface area (Å²) in [6.07, 6.45) is 1.40. The van der Waals surface area contributed by atoms with Gasteiger partial charge in [-0.25, -0.2) is 0 Å². The van der Waals surface area contributed by atoms with Crippen LogP contribution in [-0.2, 0) is 11.2 Å². The molecular weight excluding hydrogens is 352 g/mol. The van der Waals surface area contributed by atoms with Gasteiger partial charge in [-0.2, -0.15) is 0 Å². The maximum absolute atomic E-state index is 10.6. The van der Waals surface area contributed by atoms with E-state index in [0.717, 1.165) is 12.8 Å². The van der Waals surface area contributed by atoms with Crippen molar-refractivity contribution in [3.05, 3.63) is 70.3 Å². The van der Waals surface area contributed by atoms with E-state index >= 15 is 0 Å². The molecule has 0 amide bonds. The highest BCUT2D eigenvalue weighted by Gasteiger charge is 2.12. The number of nitrogens with one attached hydrogen (secondary N) is 1. The lowest BCUT2D eigenvalue weighted by molar-refractivity contribution is -0.384. The van der Waals surface area contributed by atoms with E-state index in [1.165, 1.54) is 17.7 Å². The standard InChI is InChI=1S/C19H22N2O4S/c1-2-17(14-24-18-10-8-16(9-11-18)21(22)23)25-19(26)20-13-12-15-6-4-3-5-7-15/h3-11,17H,2,12-14H2,1H3,(H,20,26). The number of hydrogen-bond donors (Lipinski definition) is 1. The Morgan fingerprint density at radius 1 is 1.19 bits per heavy atom. The highest BCUT2D eigenvalue weighted by molar-refractivity contribution is 7.80. The van der Waals surface area contributed by atoms with Gasteiger partial charge >= 0.3 is 0 Å². The highest BCUT2D eigenvalue weighted by atomic mass is 32.1. The molecule has 0 bridgehead atoms. The zero-order chi connectivity index (χ0) is 18.8. The molecule has 0 radical (unpaired) electrons. The summed E-state index contributed by atoms with van der Waals surface area (Å²) < 4.78 is 11.3. The van der Waals surface area contributed by atoms with Crippen LogP contribution in [0.1, 0.15) is 18.9 Å². The van der Waals surface area contributed by atoms with Gasteiger partial charge in [0.05, 0.1) is 4.92 Å². The fraction of sp³-hybridized carbons (Fsp3) is 0.316. The summed E-state index contributed by atoms with van der Waals surface area (Å²) in [5.41, 5.74) is 1.26. The molecule has 2 rings (SSSR count). The lowest BCUT2D eigenvalue weighted by Crippen LogP contribution is -2.32. The molecule has 0 heterocycles. The smallest absolute Gasteiger partial charge is 0.269 e. The number of rotatable bonds is 9. The third-order valence-corrected chi connectivity index (χ3v) is 3.98. The van der Waals surface area contributed by atoms with Gasteiger partial charge in [-0.15, -0.1) is 0 Å². The Kier molecular flexibility index (Phi) is 7.82. The van der Waals surface area contributed by atoms with Gasteiger partial charge < -0.3 is 14.8 Å². The molecule has 6 nitrogen and oxygen atoms in total. The van der Waals surface area contributed by atoms with E-state index < -0.39 is 4.92 Å². The van der Waals surface area contributed by atoms with Gasteiger partial charge in [0.15, 0.2) is 0 Å². The van der Waals surface area contributed by atoms with Crippen molar-refractivity contribution in [1.29, 1.82) is 0 Å². The first-order valence-electron chi connectivity index (χ1n) is 8.44. The minimum Gasteiger partial charge on any atom is -0.490 e. The van der Waals surface area contributed by atoms with Crippen LogP contribution in [0.5, 0.6) is 5.75 Å². The van der Waals surface area contributed by atoms with E-state index in [9.17, 15) is 10.1 Å². The lowest BCUT2D eigenvalue weighted by atomic mass is 10.1. The molecule has 0 saturated carbocycles. The molecule has 1 atom stereocenters. The zero-order valence-corrected chi connectivity index (χ0v) is 15.4. The average Bonchev–Trinajstić information content (AvgIpc) is 2.66. The van der Waals surface area contributed by atoms with E-state index in [-0.39, 0.29) is 11.8 Å². The molecule has 0 aromatic heterocycles. The van der Waals surface area contributed by atoms with Crippen LogP contribution in [0, 0.1) is 10.1 Å². The highest BCUT2D eigenvalue weighted by Crippen LogP contribution is 2.17. The Morgan fingerprint density at radius 3 is 2.50 bits per heavy atom.